The Balaban J connectivity index is 1.84. The van der Waals surface area contributed by atoms with Crippen LogP contribution in [0.1, 0.15) is 35.7 Å². The van der Waals surface area contributed by atoms with E-state index in [0.29, 0.717) is 5.13 Å². The Labute approximate surface area is 159 Å². The van der Waals surface area contributed by atoms with Gasteiger partial charge in [-0.05, 0) is 42.7 Å². The Morgan fingerprint density at radius 1 is 1.31 bits per heavy atom. The Morgan fingerprint density at radius 2 is 2.12 bits per heavy atom. The van der Waals surface area contributed by atoms with E-state index in [1.165, 1.54) is 29.0 Å². The van der Waals surface area contributed by atoms with E-state index in [9.17, 15) is 14.9 Å². The number of thiazole rings is 1. The molecule has 0 fully saturated rings. The molecule has 26 heavy (non-hydrogen) atoms. The van der Waals surface area contributed by atoms with E-state index in [1.54, 1.807) is 0 Å². The minimum atomic E-state index is -0.626. The van der Waals surface area contributed by atoms with Gasteiger partial charge in [-0.1, -0.05) is 42.3 Å². The molecule has 0 atom stereocenters. The zero-order chi connectivity index (χ0) is 18.7. The van der Waals surface area contributed by atoms with Crippen LogP contribution in [0.3, 0.4) is 0 Å². The number of rotatable bonds is 6. The summed E-state index contributed by atoms with van der Waals surface area (Å²) >= 11 is 7.13. The van der Waals surface area contributed by atoms with Gasteiger partial charge in [0, 0.05) is 11.1 Å². The van der Waals surface area contributed by atoms with Gasteiger partial charge in [0.15, 0.2) is 5.13 Å². The maximum absolute atomic E-state index is 12.4. The highest BCUT2D eigenvalue weighted by Crippen LogP contribution is 2.29. The number of hydrogen-bond acceptors (Lipinski definition) is 5. The van der Waals surface area contributed by atoms with Crippen molar-refractivity contribution in [3.8, 4) is 0 Å². The van der Waals surface area contributed by atoms with Gasteiger partial charge in [-0.15, -0.1) is 0 Å². The molecule has 0 radical (unpaired) electrons. The monoisotopic (exact) mass is 389 g/mol. The van der Waals surface area contributed by atoms with Crippen molar-refractivity contribution in [1.82, 2.24) is 4.98 Å². The highest BCUT2D eigenvalue weighted by molar-refractivity contribution is 7.22. The normalized spacial score (nSPS) is 10.8. The molecule has 1 heterocycles. The molecule has 8 heteroatoms. The second kappa shape index (κ2) is 7.80. The van der Waals surface area contributed by atoms with Gasteiger partial charge in [0.05, 0.1) is 15.1 Å². The topological polar surface area (TPSA) is 85.1 Å². The van der Waals surface area contributed by atoms with E-state index < -0.39 is 10.8 Å². The maximum atomic E-state index is 12.4. The zero-order valence-corrected chi connectivity index (χ0v) is 15.6. The molecular weight excluding hydrogens is 374 g/mol. The fourth-order valence-electron chi connectivity index (χ4n) is 2.57. The molecule has 0 aliphatic carbocycles. The summed E-state index contributed by atoms with van der Waals surface area (Å²) in [6.45, 7) is 2.15. The van der Waals surface area contributed by atoms with Gasteiger partial charge in [0.25, 0.3) is 11.6 Å². The first-order valence-electron chi connectivity index (χ1n) is 8.12. The summed E-state index contributed by atoms with van der Waals surface area (Å²) in [5, 5.41) is 14.4. The summed E-state index contributed by atoms with van der Waals surface area (Å²) in [7, 11) is 0. The number of aryl methyl sites for hydroxylation is 1. The molecule has 0 aliphatic rings. The molecule has 6 nitrogen and oxygen atoms in total. The van der Waals surface area contributed by atoms with Crippen LogP contribution in [0, 0.1) is 10.1 Å². The molecule has 3 aromatic rings. The van der Waals surface area contributed by atoms with Gasteiger partial charge in [-0.2, -0.15) is 0 Å². The van der Waals surface area contributed by atoms with Gasteiger partial charge in [-0.3, -0.25) is 20.2 Å². The van der Waals surface area contributed by atoms with Crippen LogP contribution in [-0.4, -0.2) is 15.8 Å². The summed E-state index contributed by atoms with van der Waals surface area (Å²) in [6, 6.07) is 9.98. The number of fused-ring (bicyclic) bond motifs is 1. The summed E-state index contributed by atoms with van der Waals surface area (Å²) < 4.78 is 0.972. The predicted molar refractivity (Wildman–Crippen MR) is 104 cm³/mol. The van der Waals surface area contributed by atoms with E-state index in [2.05, 4.69) is 23.3 Å². The fraction of sp³-hybridized carbons (Fsp3) is 0.222. The van der Waals surface area contributed by atoms with Crippen LogP contribution in [0.2, 0.25) is 5.02 Å². The smallest absolute Gasteiger partial charge is 0.283 e. The lowest BCUT2D eigenvalue weighted by Crippen LogP contribution is -2.13. The summed E-state index contributed by atoms with van der Waals surface area (Å²) in [5.74, 6) is -0.585. The predicted octanol–water partition coefficient (Wildman–Crippen LogP) is 5.45. The van der Waals surface area contributed by atoms with Gasteiger partial charge in [-0.25, -0.2) is 4.98 Å². The molecule has 0 aliphatic heterocycles. The lowest BCUT2D eigenvalue weighted by Gasteiger charge is -2.03. The number of aromatic nitrogens is 1. The van der Waals surface area contributed by atoms with Crippen molar-refractivity contribution in [2.24, 2.45) is 0 Å². The van der Waals surface area contributed by atoms with E-state index in [0.717, 1.165) is 35.5 Å². The van der Waals surface area contributed by atoms with Crippen molar-refractivity contribution in [2.45, 2.75) is 26.2 Å². The Bertz CT molecular complexity index is 987. The first-order chi connectivity index (χ1) is 12.5. The van der Waals surface area contributed by atoms with Crippen molar-refractivity contribution in [2.75, 3.05) is 5.32 Å². The third kappa shape index (κ3) is 4.00. The molecule has 1 N–H and O–H groups in total. The average molecular weight is 390 g/mol. The number of carbonyl (C=O) groups is 1. The largest absolute Gasteiger partial charge is 0.298 e. The Hall–Kier alpha value is -2.51. The number of nitrogens with zero attached hydrogens (tertiary/aromatic N) is 2. The molecule has 0 saturated carbocycles. The number of nitro benzene ring substituents is 1. The fourth-order valence-corrected chi connectivity index (χ4v) is 3.66. The number of nitro groups is 1. The van der Waals surface area contributed by atoms with E-state index in [-0.39, 0.29) is 16.3 Å². The number of unbranched alkanes of at least 4 members (excludes halogenated alkanes) is 1. The first-order valence-corrected chi connectivity index (χ1v) is 9.32. The highest BCUT2D eigenvalue weighted by Gasteiger charge is 2.21. The zero-order valence-electron chi connectivity index (χ0n) is 14.0. The highest BCUT2D eigenvalue weighted by atomic mass is 35.5. The molecule has 134 valence electrons. The second-order valence-corrected chi connectivity index (χ2v) is 7.26. The minimum Gasteiger partial charge on any atom is -0.298 e. The molecule has 0 saturated heterocycles. The number of hydrogen-bond donors (Lipinski definition) is 1. The summed E-state index contributed by atoms with van der Waals surface area (Å²) in [6.07, 6.45) is 3.25. The van der Waals surface area contributed by atoms with Crippen LogP contribution in [0.25, 0.3) is 10.2 Å². The lowest BCUT2D eigenvalue weighted by molar-refractivity contribution is -0.385. The molecule has 1 aromatic heterocycles. The van der Waals surface area contributed by atoms with Crippen LogP contribution in [-0.2, 0) is 6.42 Å². The minimum absolute atomic E-state index is 0.0534. The first kappa shape index (κ1) is 18.3. The number of nitrogens with one attached hydrogen (secondary N) is 1. The number of anilines is 1. The number of halogens is 1. The Morgan fingerprint density at radius 3 is 2.85 bits per heavy atom. The number of benzene rings is 2. The third-order valence-electron chi connectivity index (χ3n) is 3.89. The standard InChI is InChI=1S/C18H16ClN3O3S/c1-2-3-4-11-5-8-14-16(9-11)26-18(20-14)21-17(23)13-7-6-12(19)10-15(13)22(24)25/h5-10H,2-4H2,1H3,(H,20,21,23). The van der Waals surface area contributed by atoms with Gasteiger partial charge >= 0.3 is 0 Å². The molecule has 0 spiro atoms. The lowest BCUT2D eigenvalue weighted by atomic mass is 10.1. The molecule has 3 rings (SSSR count). The number of carbonyl (C=O) groups excluding carboxylic acids is 1. The Kier molecular flexibility index (Phi) is 5.49. The molecule has 2 aromatic carbocycles. The van der Waals surface area contributed by atoms with Crippen molar-refractivity contribution < 1.29 is 9.72 Å². The number of amides is 1. The average Bonchev–Trinajstić information content (AvgIpc) is 3.01. The molecule has 0 bridgehead atoms. The van der Waals surface area contributed by atoms with Crippen LogP contribution < -0.4 is 5.32 Å². The SMILES string of the molecule is CCCCc1ccc2nc(NC(=O)c3ccc(Cl)cc3[N+](=O)[O-])sc2c1. The van der Waals surface area contributed by atoms with Crippen LogP contribution >= 0.6 is 22.9 Å². The van der Waals surface area contributed by atoms with Crippen molar-refractivity contribution in [3.05, 3.63) is 62.7 Å². The molecular formula is C18H16ClN3O3S. The van der Waals surface area contributed by atoms with E-state index in [4.69, 9.17) is 11.6 Å². The maximum Gasteiger partial charge on any atom is 0.283 e. The third-order valence-corrected chi connectivity index (χ3v) is 5.06. The van der Waals surface area contributed by atoms with Crippen molar-refractivity contribution >= 4 is 49.9 Å². The van der Waals surface area contributed by atoms with Gasteiger partial charge in [0.1, 0.15) is 5.56 Å². The quantitative estimate of drug-likeness (QED) is 0.448. The van der Waals surface area contributed by atoms with Crippen LogP contribution in [0.15, 0.2) is 36.4 Å². The summed E-state index contributed by atoms with van der Waals surface area (Å²) in [4.78, 5) is 27.3. The summed E-state index contributed by atoms with van der Waals surface area (Å²) in [5.41, 5.74) is 1.63. The van der Waals surface area contributed by atoms with Crippen molar-refractivity contribution in [1.29, 1.82) is 0 Å². The molecule has 1 amide bonds. The van der Waals surface area contributed by atoms with Crippen LogP contribution in [0.4, 0.5) is 10.8 Å². The van der Waals surface area contributed by atoms with Crippen LogP contribution in [0.5, 0.6) is 0 Å². The van der Waals surface area contributed by atoms with Gasteiger partial charge < -0.3 is 0 Å². The second-order valence-electron chi connectivity index (χ2n) is 5.80. The van der Waals surface area contributed by atoms with E-state index >= 15 is 0 Å². The van der Waals surface area contributed by atoms with Crippen molar-refractivity contribution in [3.63, 3.8) is 0 Å². The molecule has 0 unspecified atom stereocenters. The van der Waals surface area contributed by atoms with E-state index in [1.807, 2.05) is 12.1 Å². The van der Waals surface area contributed by atoms with Gasteiger partial charge in [0.2, 0.25) is 0 Å².